The first-order valence-electron chi connectivity index (χ1n) is 8.29. The zero-order chi connectivity index (χ0) is 16.9. The van der Waals surface area contributed by atoms with E-state index in [1.165, 1.54) is 4.90 Å². The zero-order valence-electron chi connectivity index (χ0n) is 14.1. The highest BCUT2D eigenvalue weighted by Crippen LogP contribution is 2.24. The molecule has 0 aromatic rings. The molecule has 2 rings (SSSR count). The summed E-state index contributed by atoms with van der Waals surface area (Å²) in [5, 5.41) is 2.87. The number of hydrogen-bond acceptors (Lipinski definition) is 4. The van der Waals surface area contributed by atoms with Crippen molar-refractivity contribution in [2.75, 3.05) is 32.7 Å². The minimum atomic E-state index is -4.12. The van der Waals surface area contributed by atoms with Gasteiger partial charge in [0.15, 0.2) is 0 Å². The fourth-order valence-electron chi connectivity index (χ4n) is 3.27. The van der Waals surface area contributed by atoms with Crippen LogP contribution in [0.3, 0.4) is 0 Å². The number of ether oxygens (including phenoxy) is 1. The lowest BCUT2D eigenvalue weighted by molar-refractivity contribution is -0.148. The summed E-state index contributed by atoms with van der Waals surface area (Å²) in [4.78, 5) is 13.4. The van der Waals surface area contributed by atoms with Crippen LogP contribution in [0.15, 0.2) is 0 Å². The summed E-state index contributed by atoms with van der Waals surface area (Å²) in [6.45, 7) is 1.11. The van der Waals surface area contributed by atoms with Crippen LogP contribution in [0.1, 0.15) is 32.1 Å². The highest BCUT2D eigenvalue weighted by Gasteiger charge is 2.33. The normalized spacial score (nSPS) is 25.1. The standard InChI is InChI=1S/C15H26F3N3O2.2ClH/c16-15(17,18)10-21-7-4-11(5-8-21)3-6-20-14(22)13-2-1-12(9-19)23-13;;/h11-13H,1-10,19H2,(H,20,22);2*1H/t12-,13+;;/m1../s1. The Morgan fingerprint density at radius 3 is 2.32 bits per heavy atom. The van der Waals surface area contributed by atoms with E-state index in [0.29, 0.717) is 38.5 Å². The number of carbonyl (C=O) groups is 1. The van der Waals surface area contributed by atoms with Crippen molar-refractivity contribution in [1.29, 1.82) is 0 Å². The lowest BCUT2D eigenvalue weighted by Crippen LogP contribution is -2.41. The van der Waals surface area contributed by atoms with Crippen molar-refractivity contribution in [3.63, 3.8) is 0 Å². The highest BCUT2D eigenvalue weighted by molar-refractivity contribution is 5.85. The lowest BCUT2D eigenvalue weighted by atomic mass is 9.93. The Morgan fingerprint density at radius 2 is 1.80 bits per heavy atom. The zero-order valence-corrected chi connectivity index (χ0v) is 15.7. The van der Waals surface area contributed by atoms with E-state index in [9.17, 15) is 18.0 Å². The molecule has 10 heteroatoms. The maximum Gasteiger partial charge on any atom is 0.401 e. The molecular weight excluding hydrogens is 382 g/mol. The van der Waals surface area contributed by atoms with Gasteiger partial charge in [0, 0.05) is 13.1 Å². The Balaban J connectivity index is 0.00000288. The van der Waals surface area contributed by atoms with E-state index in [1.807, 2.05) is 0 Å². The van der Waals surface area contributed by atoms with Crippen molar-refractivity contribution in [3.8, 4) is 0 Å². The van der Waals surface area contributed by atoms with Gasteiger partial charge in [0.05, 0.1) is 12.6 Å². The monoisotopic (exact) mass is 409 g/mol. The van der Waals surface area contributed by atoms with Gasteiger partial charge in [0.1, 0.15) is 6.10 Å². The van der Waals surface area contributed by atoms with Gasteiger partial charge in [0.25, 0.3) is 0 Å². The van der Waals surface area contributed by atoms with Gasteiger partial charge >= 0.3 is 6.18 Å². The number of rotatable bonds is 6. The fraction of sp³-hybridized carbons (Fsp3) is 0.933. The van der Waals surface area contributed by atoms with Crippen LogP contribution < -0.4 is 11.1 Å². The summed E-state index contributed by atoms with van der Waals surface area (Å²) in [5.74, 6) is 0.275. The van der Waals surface area contributed by atoms with Crippen LogP contribution in [0, 0.1) is 5.92 Å². The Labute approximate surface area is 159 Å². The van der Waals surface area contributed by atoms with Gasteiger partial charge < -0.3 is 15.8 Å². The maximum atomic E-state index is 12.3. The van der Waals surface area contributed by atoms with Gasteiger partial charge in [-0.2, -0.15) is 13.2 Å². The van der Waals surface area contributed by atoms with E-state index in [0.717, 1.165) is 25.7 Å². The smallest absolute Gasteiger partial charge is 0.364 e. The fourth-order valence-corrected chi connectivity index (χ4v) is 3.27. The number of likely N-dealkylation sites (tertiary alicyclic amines) is 1. The Hall–Kier alpha value is -0.280. The summed E-state index contributed by atoms with van der Waals surface area (Å²) in [7, 11) is 0. The van der Waals surface area contributed by atoms with Gasteiger partial charge in [-0.25, -0.2) is 0 Å². The second-order valence-corrected chi connectivity index (χ2v) is 6.47. The summed E-state index contributed by atoms with van der Waals surface area (Å²) in [6, 6.07) is 0. The third-order valence-electron chi connectivity index (χ3n) is 4.62. The van der Waals surface area contributed by atoms with E-state index in [4.69, 9.17) is 10.5 Å². The number of alkyl halides is 3. The Kier molecular flexibility index (Phi) is 11.3. The molecular formula is C15H28Cl2F3N3O2. The molecule has 150 valence electrons. The molecule has 0 radical (unpaired) electrons. The van der Waals surface area contributed by atoms with E-state index < -0.39 is 18.8 Å². The predicted octanol–water partition coefficient (Wildman–Crippen LogP) is 2.12. The minimum absolute atomic E-state index is 0. The van der Waals surface area contributed by atoms with Crippen molar-refractivity contribution >= 4 is 30.7 Å². The molecule has 2 aliphatic heterocycles. The number of hydrogen-bond donors (Lipinski definition) is 2. The number of carbonyl (C=O) groups excluding carboxylic acids is 1. The first-order chi connectivity index (χ1) is 10.9. The molecule has 0 aromatic heterocycles. The Morgan fingerprint density at radius 1 is 1.16 bits per heavy atom. The maximum absolute atomic E-state index is 12.3. The quantitative estimate of drug-likeness (QED) is 0.704. The molecule has 1 amide bonds. The first kappa shape index (κ1) is 24.7. The van der Waals surface area contributed by atoms with Crippen molar-refractivity contribution in [1.82, 2.24) is 10.2 Å². The molecule has 5 nitrogen and oxygen atoms in total. The summed E-state index contributed by atoms with van der Waals surface area (Å²) < 4.78 is 42.5. The van der Waals surface area contributed by atoms with E-state index in [1.54, 1.807) is 0 Å². The molecule has 2 saturated heterocycles. The molecule has 0 aliphatic carbocycles. The van der Waals surface area contributed by atoms with Crippen LogP contribution in [-0.2, 0) is 9.53 Å². The lowest BCUT2D eigenvalue weighted by Gasteiger charge is -2.32. The summed E-state index contributed by atoms with van der Waals surface area (Å²) in [6.07, 6.45) is -0.735. The van der Waals surface area contributed by atoms with E-state index in [2.05, 4.69) is 5.32 Å². The first-order valence-corrected chi connectivity index (χ1v) is 8.29. The molecule has 2 atom stereocenters. The third-order valence-corrected chi connectivity index (χ3v) is 4.62. The van der Waals surface area contributed by atoms with Crippen molar-refractivity contribution < 1.29 is 22.7 Å². The molecule has 0 spiro atoms. The van der Waals surface area contributed by atoms with Crippen LogP contribution in [0.4, 0.5) is 13.2 Å². The number of piperidine rings is 1. The molecule has 0 unspecified atom stereocenters. The summed E-state index contributed by atoms with van der Waals surface area (Å²) >= 11 is 0. The van der Waals surface area contributed by atoms with Crippen LogP contribution in [0.2, 0.25) is 0 Å². The number of nitrogens with two attached hydrogens (primary N) is 1. The number of nitrogens with one attached hydrogen (secondary N) is 1. The van der Waals surface area contributed by atoms with E-state index in [-0.39, 0.29) is 36.8 Å². The van der Waals surface area contributed by atoms with Crippen LogP contribution in [-0.4, -0.2) is 61.9 Å². The number of halogens is 5. The van der Waals surface area contributed by atoms with Gasteiger partial charge in [-0.1, -0.05) is 0 Å². The van der Waals surface area contributed by atoms with Gasteiger partial charge in [0.2, 0.25) is 5.91 Å². The minimum Gasteiger partial charge on any atom is -0.364 e. The SMILES string of the molecule is Cl.Cl.NC[C@H]1CC[C@@H](C(=O)NCCC2CCN(CC(F)(F)F)CC2)O1. The molecule has 0 saturated carbocycles. The van der Waals surface area contributed by atoms with Crippen LogP contribution in [0.25, 0.3) is 0 Å². The predicted molar refractivity (Wildman–Crippen MR) is 94.3 cm³/mol. The van der Waals surface area contributed by atoms with Crippen LogP contribution in [0.5, 0.6) is 0 Å². The highest BCUT2D eigenvalue weighted by atomic mass is 35.5. The molecule has 2 aliphatic rings. The average molecular weight is 410 g/mol. The molecule has 0 bridgehead atoms. The molecule has 3 N–H and O–H groups in total. The second-order valence-electron chi connectivity index (χ2n) is 6.47. The number of amides is 1. The van der Waals surface area contributed by atoms with Gasteiger partial charge in [-0.05, 0) is 51.1 Å². The molecule has 2 heterocycles. The van der Waals surface area contributed by atoms with E-state index >= 15 is 0 Å². The second kappa shape index (κ2) is 11.4. The van der Waals surface area contributed by atoms with Gasteiger partial charge in [-0.15, -0.1) is 24.8 Å². The third kappa shape index (κ3) is 8.77. The largest absolute Gasteiger partial charge is 0.401 e. The van der Waals surface area contributed by atoms with Crippen molar-refractivity contribution in [3.05, 3.63) is 0 Å². The Bertz CT molecular complexity index is 395. The van der Waals surface area contributed by atoms with Crippen LogP contribution >= 0.6 is 24.8 Å². The average Bonchev–Trinajstić information content (AvgIpc) is 2.96. The van der Waals surface area contributed by atoms with Crippen molar-refractivity contribution in [2.45, 2.75) is 50.5 Å². The van der Waals surface area contributed by atoms with Gasteiger partial charge in [-0.3, -0.25) is 9.69 Å². The molecule has 0 aromatic carbocycles. The summed E-state index contributed by atoms with van der Waals surface area (Å²) in [5.41, 5.74) is 5.51. The van der Waals surface area contributed by atoms with Crippen molar-refractivity contribution in [2.24, 2.45) is 11.7 Å². The topological polar surface area (TPSA) is 67.6 Å². The number of nitrogens with zero attached hydrogens (tertiary/aromatic N) is 1. The molecule has 2 fully saturated rings. The molecule has 25 heavy (non-hydrogen) atoms.